The SMILES string of the molecule is CCNC(=O)C1CC(c2ccccc2)CN(C(=O)c2ccccc2)C1. The van der Waals surface area contributed by atoms with Crippen LogP contribution in [0.25, 0.3) is 0 Å². The largest absolute Gasteiger partial charge is 0.356 e. The summed E-state index contributed by atoms with van der Waals surface area (Å²) < 4.78 is 0. The van der Waals surface area contributed by atoms with Crippen LogP contribution in [0.1, 0.15) is 35.2 Å². The second-order valence-corrected chi connectivity index (χ2v) is 6.51. The van der Waals surface area contributed by atoms with E-state index in [-0.39, 0.29) is 23.7 Å². The molecule has 1 heterocycles. The minimum absolute atomic E-state index is 0.00414. The van der Waals surface area contributed by atoms with Gasteiger partial charge in [0.1, 0.15) is 0 Å². The number of likely N-dealkylation sites (tertiary alicyclic amines) is 1. The molecule has 2 unspecified atom stereocenters. The molecule has 0 saturated carbocycles. The maximum absolute atomic E-state index is 12.9. The van der Waals surface area contributed by atoms with Crippen LogP contribution in [0.4, 0.5) is 0 Å². The van der Waals surface area contributed by atoms with Crippen molar-refractivity contribution in [2.75, 3.05) is 19.6 Å². The molecule has 4 heteroatoms. The van der Waals surface area contributed by atoms with Gasteiger partial charge in [-0.1, -0.05) is 48.5 Å². The highest BCUT2D eigenvalue weighted by Gasteiger charge is 2.34. The third-order valence-electron chi connectivity index (χ3n) is 4.75. The molecular formula is C21H24N2O2. The molecule has 2 amide bonds. The van der Waals surface area contributed by atoms with Gasteiger partial charge >= 0.3 is 0 Å². The zero-order valence-electron chi connectivity index (χ0n) is 14.5. The van der Waals surface area contributed by atoms with Crippen LogP contribution in [-0.2, 0) is 4.79 Å². The summed E-state index contributed by atoms with van der Waals surface area (Å²) in [5.74, 6) is 0.0336. The van der Waals surface area contributed by atoms with Gasteiger partial charge in [-0.05, 0) is 31.0 Å². The Balaban J connectivity index is 1.84. The molecule has 2 aromatic carbocycles. The van der Waals surface area contributed by atoms with Crippen LogP contribution in [0.3, 0.4) is 0 Å². The normalized spacial score (nSPS) is 20.1. The van der Waals surface area contributed by atoms with Gasteiger partial charge in [-0.25, -0.2) is 0 Å². The number of piperidine rings is 1. The lowest BCUT2D eigenvalue weighted by molar-refractivity contribution is -0.126. The monoisotopic (exact) mass is 336 g/mol. The first kappa shape index (κ1) is 17.2. The number of hydrogen-bond donors (Lipinski definition) is 1. The molecule has 1 aliphatic heterocycles. The van der Waals surface area contributed by atoms with Crippen molar-refractivity contribution in [3.63, 3.8) is 0 Å². The van der Waals surface area contributed by atoms with Crippen molar-refractivity contribution in [2.45, 2.75) is 19.3 Å². The van der Waals surface area contributed by atoms with E-state index in [1.54, 1.807) is 0 Å². The molecular weight excluding hydrogens is 312 g/mol. The summed E-state index contributed by atoms with van der Waals surface area (Å²) in [6, 6.07) is 19.5. The van der Waals surface area contributed by atoms with Gasteiger partial charge in [0.15, 0.2) is 0 Å². The smallest absolute Gasteiger partial charge is 0.253 e. The van der Waals surface area contributed by atoms with Gasteiger partial charge < -0.3 is 10.2 Å². The van der Waals surface area contributed by atoms with Crippen molar-refractivity contribution in [3.8, 4) is 0 Å². The molecule has 1 fully saturated rings. The lowest BCUT2D eigenvalue weighted by Gasteiger charge is -2.37. The van der Waals surface area contributed by atoms with Gasteiger partial charge in [0, 0.05) is 31.1 Å². The fraction of sp³-hybridized carbons (Fsp3) is 0.333. The third-order valence-corrected chi connectivity index (χ3v) is 4.75. The van der Waals surface area contributed by atoms with Crippen molar-refractivity contribution >= 4 is 11.8 Å². The Morgan fingerprint density at radius 2 is 1.64 bits per heavy atom. The van der Waals surface area contributed by atoms with Crippen molar-refractivity contribution in [1.29, 1.82) is 0 Å². The Kier molecular flexibility index (Phi) is 5.49. The van der Waals surface area contributed by atoms with E-state index in [1.165, 1.54) is 5.56 Å². The molecule has 2 atom stereocenters. The van der Waals surface area contributed by atoms with Crippen molar-refractivity contribution in [3.05, 3.63) is 71.8 Å². The van der Waals surface area contributed by atoms with E-state index in [0.717, 1.165) is 6.42 Å². The Labute approximate surface area is 148 Å². The molecule has 0 bridgehead atoms. The maximum atomic E-state index is 12.9. The molecule has 0 radical (unpaired) electrons. The summed E-state index contributed by atoms with van der Waals surface area (Å²) in [6.45, 7) is 3.65. The molecule has 2 aromatic rings. The van der Waals surface area contributed by atoms with Gasteiger partial charge in [0.05, 0.1) is 5.92 Å². The van der Waals surface area contributed by atoms with Crippen molar-refractivity contribution in [2.24, 2.45) is 5.92 Å². The molecule has 0 spiro atoms. The zero-order chi connectivity index (χ0) is 17.6. The first-order valence-corrected chi connectivity index (χ1v) is 8.86. The highest BCUT2D eigenvalue weighted by atomic mass is 16.2. The van der Waals surface area contributed by atoms with Crippen molar-refractivity contribution < 1.29 is 9.59 Å². The Morgan fingerprint density at radius 1 is 1.00 bits per heavy atom. The van der Waals surface area contributed by atoms with Crippen LogP contribution in [0, 0.1) is 5.92 Å². The Bertz CT molecular complexity index is 715. The molecule has 0 aliphatic carbocycles. The average Bonchev–Trinajstić information content (AvgIpc) is 2.68. The number of benzene rings is 2. The lowest BCUT2D eigenvalue weighted by atomic mass is 9.83. The second-order valence-electron chi connectivity index (χ2n) is 6.51. The summed E-state index contributed by atoms with van der Waals surface area (Å²) in [5, 5.41) is 2.91. The average molecular weight is 336 g/mol. The summed E-state index contributed by atoms with van der Waals surface area (Å²) in [4.78, 5) is 27.2. The zero-order valence-corrected chi connectivity index (χ0v) is 14.5. The summed E-state index contributed by atoms with van der Waals surface area (Å²) in [6.07, 6.45) is 0.772. The molecule has 3 rings (SSSR count). The Hall–Kier alpha value is -2.62. The second kappa shape index (κ2) is 7.97. The van der Waals surface area contributed by atoms with Gasteiger partial charge in [-0.15, -0.1) is 0 Å². The fourth-order valence-corrected chi connectivity index (χ4v) is 3.50. The molecule has 25 heavy (non-hydrogen) atoms. The van der Waals surface area contributed by atoms with Gasteiger partial charge in [-0.3, -0.25) is 9.59 Å². The Morgan fingerprint density at radius 3 is 2.28 bits per heavy atom. The molecule has 1 saturated heterocycles. The van der Waals surface area contributed by atoms with Gasteiger partial charge in [0.2, 0.25) is 5.91 Å². The number of carbonyl (C=O) groups is 2. The van der Waals surface area contributed by atoms with E-state index in [2.05, 4.69) is 17.4 Å². The predicted octanol–water partition coefficient (Wildman–Crippen LogP) is 3.07. The van der Waals surface area contributed by atoms with E-state index in [9.17, 15) is 9.59 Å². The summed E-state index contributed by atoms with van der Waals surface area (Å²) in [7, 11) is 0. The van der Waals surface area contributed by atoms with Crippen LogP contribution in [0.2, 0.25) is 0 Å². The highest BCUT2D eigenvalue weighted by molar-refractivity contribution is 5.94. The van der Waals surface area contributed by atoms with Crippen LogP contribution < -0.4 is 5.32 Å². The number of rotatable bonds is 4. The van der Waals surface area contributed by atoms with E-state index in [4.69, 9.17) is 0 Å². The van der Waals surface area contributed by atoms with E-state index < -0.39 is 0 Å². The van der Waals surface area contributed by atoms with Crippen LogP contribution in [-0.4, -0.2) is 36.3 Å². The molecule has 130 valence electrons. The minimum atomic E-state index is -0.174. The molecule has 1 aliphatic rings. The first-order valence-electron chi connectivity index (χ1n) is 8.86. The van der Waals surface area contributed by atoms with Crippen LogP contribution in [0.15, 0.2) is 60.7 Å². The summed E-state index contributed by atoms with van der Waals surface area (Å²) in [5.41, 5.74) is 1.85. The van der Waals surface area contributed by atoms with Crippen LogP contribution >= 0.6 is 0 Å². The first-order chi connectivity index (χ1) is 12.2. The third kappa shape index (κ3) is 4.08. The molecule has 4 nitrogen and oxygen atoms in total. The predicted molar refractivity (Wildman–Crippen MR) is 98.3 cm³/mol. The number of nitrogens with one attached hydrogen (secondary N) is 1. The highest BCUT2D eigenvalue weighted by Crippen LogP contribution is 2.31. The molecule has 1 N–H and O–H groups in total. The summed E-state index contributed by atoms with van der Waals surface area (Å²) >= 11 is 0. The number of amides is 2. The topological polar surface area (TPSA) is 49.4 Å². The molecule has 0 aromatic heterocycles. The fourth-order valence-electron chi connectivity index (χ4n) is 3.50. The van der Waals surface area contributed by atoms with Gasteiger partial charge in [0.25, 0.3) is 5.91 Å². The number of carbonyl (C=O) groups excluding carboxylic acids is 2. The number of hydrogen-bond acceptors (Lipinski definition) is 2. The van der Waals surface area contributed by atoms with Crippen molar-refractivity contribution in [1.82, 2.24) is 10.2 Å². The lowest BCUT2D eigenvalue weighted by Crippen LogP contribution is -2.48. The minimum Gasteiger partial charge on any atom is -0.356 e. The van der Waals surface area contributed by atoms with E-state index in [0.29, 0.717) is 25.2 Å². The number of nitrogens with zero attached hydrogens (tertiary/aromatic N) is 1. The van der Waals surface area contributed by atoms with E-state index >= 15 is 0 Å². The van der Waals surface area contributed by atoms with Gasteiger partial charge in [-0.2, -0.15) is 0 Å². The van der Waals surface area contributed by atoms with Crippen LogP contribution in [0.5, 0.6) is 0 Å². The standard InChI is InChI=1S/C21H24N2O2/c1-2-22-20(24)19-13-18(16-9-5-3-6-10-16)14-23(15-19)21(25)17-11-7-4-8-12-17/h3-12,18-19H,2,13-15H2,1H3,(H,22,24). The van der Waals surface area contributed by atoms with E-state index in [1.807, 2.05) is 60.4 Å². The maximum Gasteiger partial charge on any atom is 0.253 e. The quantitative estimate of drug-likeness (QED) is 0.933.